The molecule has 1 saturated heterocycles. The highest BCUT2D eigenvalue weighted by molar-refractivity contribution is 5.95. The summed E-state index contributed by atoms with van der Waals surface area (Å²) in [7, 11) is 0. The van der Waals surface area contributed by atoms with Gasteiger partial charge < -0.3 is 15.0 Å². The van der Waals surface area contributed by atoms with E-state index in [2.05, 4.69) is 5.32 Å². The van der Waals surface area contributed by atoms with Gasteiger partial charge in [-0.15, -0.1) is 0 Å². The summed E-state index contributed by atoms with van der Waals surface area (Å²) >= 11 is 0. The van der Waals surface area contributed by atoms with E-state index >= 15 is 0 Å². The first-order valence-corrected chi connectivity index (χ1v) is 9.78. The SMILES string of the molecule is O=C(COc1ccc2ccccc2c1)Nc1cc(C(F)(F)F)ccc1N1CCCC1. The second-order valence-corrected chi connectivity index (χ2v) is 7.27. The maximum absolute atomic E-state index is 13.2. The van der Waals surface area contributed by atoms with Crippen molar-refractivity contribution in [2.45, 2.75) is 19.0 Å². The van der Waals surface area contributed by atoms with Gasteiger partial charge >= 0.3 is 6.18 Å². The van der Waals surface area contributed by atoms with E-state index in [-0.39, 0.29) is 12.3 Å². The molecule has 1 aliphatic rings. The first-order valence-electron chi connectivity index (χ1n) is 9.78. The summed E-state index contributed by atoms with van der Waals surface area (Å²) < 4.78 is 45.0. The van der Waals surface area contributed by atoms with Gasteiger partial charge in [-0.05, 0) is 53.9 Å². The third kappa shape index (κ3) is 4.50. The molecule has 3 aromatic carbocycles. The fourth-order valence-electron chi connectivity index (χ4n) is 3.64. The topological polar surface area (TPSA) is 41.6 Å². The summed E-state index contributed by atoms with van der Waals surface area (Å²) in [5, 5.41) is 4.63. The van der Waals surface area contributed by atoms with Crippen LogP contribution in [-0.2, 0) is 11.0 Å². The van der Waals surface area contributed by atoms with Gasteiger partial charge in [0.1, 0.15) is 5.75 Å². The Bertz CT molecular complexity index is 1060. The Kier molecular flexibility index (Phi) is 5.53. The molecule has 1 aliphatic heterocycles. The molecule has 1 heterocycles. The maximum atomic E-state index is 13.2. The number of rotatable bonds is 5. The minimum Gasteiger partial charge on any atom is -0.484 e. The largest absolute Gasteiger partial charge is 0.484 e. The van der Waals surface area contributed by atoms with Crippen LogP contribution >= 0.6 is 0 Å². The number of nitrogens with zero attached hydrogens (tertiary/aromatic N) is 1. The van der Waals surface area contributed by atoms with E-state index in [4.69, 9.17) is 4.74 Å². The molecule has 3 aromatic rings. The summed E-state index contributed by atoms with van der Waals surface area (Å²) in [6.45, 7) is 1.21. The fourth-order valence-corrected chi connectivity index (χ4v) is 3.64. The van der Waals surface area contributed by atoms with E-state index in [0.29, 0.717) is 11.4 Å². The Hall–Kier alpha value is -3.22. The van der Waals surface area contributed by atoms with Crippen molar-refractivity contribution in [2.75, 3.05) is 29.9 Å². The Labute approximate surface area is 172 Å². The molecule has 1 fully saturated rings. The lowest BCUT2D eigenvalue weighted by Gasteiger charge is -2.23. The highest BCUT2D eigenvalue weighted by Gasteiger charge is 2.32. The van der Waals surface area contributed by atoms with Crippen molar-refractivity contribution in [3.05, 3.63) is 66.2 Å². The Morgan fingerprint density at radius 1 is 0.967 bits per heavy atom. The number of hydrogen-bond donors (Lipinski definition) is 1. The lowest BCUT2D eigenvalue weighted by molar-refractivity contribution is -0.137. The first kappa shape index (κ1) is 20.1. The predicted octanol–water partition coefficient (Wildman–Crippen LogP) is 5.48. The molecule has 0 saturated carbocycles. The molecular weight excluding hydrogens is 393 g/mol. The number of fused-ring (bicyclic) bond motifs is 1. The van der Waals surface area contributed by atoms with Gasteiger partial charge in [0.2, 0.25) is 0 Å². The zero-order chi connectivity index (χ0) is 21.1. The number of halogens is 3. The van der Waals surface area contributed by atoms with Crippen LogP contribution in [0.5, 0.6) is 5.75 Å². The zero-order valence-corrected chi connectivity index (χ0v) is 16.2. The lowest BCUT2D eigenvalue weighted by atomic mass is 10.1. The summed E-state index contributed by atoms with van der Waals surface area (Å²) in [5.41, 5.74) is -0.0467. The van der Waals surface area contributed by atoms with Crippen molar-refractivity contribution >= 4 is 28.1 Å². The molecule has 0 radical (unpaired) electrons. The quantitative estimate of drug-likeness (QED) is 0.601. The molecule has 0 bridgehead atoms. The van der Waals surface area contributed by atoms with Crippen LogP contribution in [0.15, 0.2) is 60.7 Å². The van der Waals surface area contributed by atoms with Crippen molar-refractivity contribution in [1.29, 1.82) is 0 Å². The maximum Gasteiger partial charge on any atom is 0.416 e. The smallest absolute Gasteiger partial charge is 0.416 e. The van der Waals surface area contributed by atoms with Crippen LogP contribution in [-0.4, -0.2) is 25.6 Å². The Morgan fingerprint density at radius 2 is 1.70 bits per heavy atom. The van der Waals surface area contributed by atoms with Crippen LogP contribution in [0.2, 0.25) is 0 Å². The molecule has 0 spiro atoms. The predicted molar refractivity (Wildman–Crippen MR) is 111 cm³/mol. The van der Waals surface area contributed by atoms with E-state index in [1.54, 1.807) is 6.07 Å². The number of carbonyl (C=O) groups excluding carboxylic acids is 1. The molecule has 1 N–H and O–H groups in total. The van der Waals surface area contributed by atoms with Crippen LogP contribution in [0, 0.1) is 0 Å². The van der Waals surface area contributed by atoms with Gasteiger partial charge in [-0.1, -0.05) is 30.3 Å². The van der Waals surface area contributed by atoms with E-state index < -0.39 is 17.6 Å². The molecule has 0 atom stereocenters. The molecule has 4 rings (SSSR count). The van der Waals surface area contributed by atoms with Gasteiger partial charge in [0.05, 0.1) is 16.9 Å². The average molecular weight is 414 g/mol. The number of hydrogen-bond acceptors (Lipinski definition) is 3. The molecular formula is C23H21F3N2O2. The molecule has 4 nitrogen and oxygen atoms in total. The number of nitrogens with one attached hydrogen (secondary N) is 1. The first-order chi connectivity index (χ1) is 14.4. The molecule has 30 heavy (non-hydrogen) atoms. The van der Waals surface area contributed by atoms with Gasteiger partial charge in [0.25, 0.3) is 5.91 Å². The zero-order valence-electron chi connectivity index (χ0n) is 16.2. The van der Waals surface area contributed by atoms with Gasteiger partial charge in [0.15, 0.2) is 6.61 Å². The number of alkyl halides is 3. The fraction of sp³-hybridized carbons (Fsp3) is 0.261. The highest BCUT2D eigenvalue weighted by Crippen LogP contribution is 2.36. The molecule has 0 aliphatic carbocycles. The van der Waals surface area contributed by atoms with Crippen molar-refractivity contribution in [3.63, 3.8) is 0 Å². The standard InChI is InChI=1S/C23H21F3N2O2/c24-23(25,26)18-8-10-21(28-11-3-4-12-28)20(14-18)27-22(29)15-30-19-9-7-16-5-1-2-6-17(16)13-19/h1-2,5-10,13-14H,3-4,11-12,15H2,(H,27,29). The molecule has 7 heteroatoms. The Balaban J connectivity index is 1.49. The number of benzene rings is 3. The van der Waals surface area contributed by atoms with Crippen molar-refractivity contribution in [3.8, 4) is 5.75 Å². The van der Waals surface area contributed by atoms with Gasteiger partial charge in [-0.2, -0.15) is 13.2 Å². The minimum atomic E-state index is -4.48. The van der Waals surface area contributed by atoms with Crippen LogP contribution in [0.1, 0.15) is 18.4 Å². The molecule has 156 valence electrons. The second-order valence-electron chi connectivity index (χ2n) is 7.27. The van der Waals surface area contributed by atoms with Gasteiger partial charge in [-0.25, -0.2) is 0 Å². The third-order valence-electron chi connectivity index (χ3n) is 5.14. The third-order valence-corrected chi connectivity index (χ3v) is 5.14. The van der Waals surface area contributed by atoms with Crippen LogP contribution in [0.3, 0.4) is 0 Å². The summed E-state index contributed by atoms with van der Waals surface area (Å²) in [6, 6.07) is 16.7. The monoisotopic (exact) mass is 414 g/mol. The van der Waals surface area contributed by atoms with Crippen LogP contribution in [0.4, 0.5) is 24.5 Å². The molecule has 0 unspecified atom stereocenters. The molecule has 0 aromatic heterocycles. The summed E-state index contributed by atoms with van der Waals surface area (Å²) in [5.74, 6) is 0.00980. The van der Waals surface area contributed by atoms with E-state index in [1.165, 1.54) is 6.07 Å². The van der Waals surface area contributed by atoms with E-state index in [0.717, 1.165) is 48.8 Å². The van der Waals surface area contributed by atoms with Crippen molar-refractivity contribution in [1.82, 2.24) is 0 Å². The van der Waals surface area contributed by atoms with Crippen LogP contribution in [0.25, 0.3) is 10.8 Å². The number of ether oxygens (including phenoxy) is 1. The van der Waals surface area contributed by atoms with Crippen LogP contribution < -0.4 is 15.0 Å². The summed E-state index contributed by atoms with van der Waals surface area (Å²) in [6.07, 6.45) is -2.54. The van der Waals surface area contributed by atoms with Crippen molar-refractivity contribution in [2.24, 2.45) is 0 Å². The number of carbonyl (C=O) groups is 1. The molecule has 1 amide bonds. The van der Waals surface area contributed by atoms with E-state index in [1.807, 2.05) is 41.3 Å². The lowest BCUT2D eigenvalue weighted by Crippen LogP contribution is -2.24. The van der Waals surface area contributed by atoms with Gasteiger partial charge in [0, 0.05) is 13.1 Å². The number of amides is 1. The average Bonchev–Trinajstić information content (AvgIpc) is 3.26. The minimum absolute atomic E-state index is 0.152. The number of anilines is 2. The van der Waals surface area contributed by atoms with E-state index in [9.17, 15) is 18.0 Å². The van der Waals surface area contributed by atoms with Crippen molar-refractivity contribution < 1.29 is 22.7 Å². The summed E-state index contributed by atoms with van der Waals surface area (Å²) in [4.78, 5) is 14.4. The highest BCUT2D eigenvalue weighted by atomic mass is 19.4. The normalized spacial score (nSPS) is 14.2. The van der Waals surface area contributed by atoms with Gasteiger partial charge in [-0.3, -0.25) is 4.79 Å². The Morgan fingerprint density at radius 3 is 2.43 bits per heavy atom. The second kappa shape index (κ2) is 8.26.